The average Bonchev–Trinajstić information content (AvgIpc) is 2.10. The fourth-order valence-electron chi connectivity index (χ4n) is 0.460. The van der Waals surface area contributed by atoms with Crippen molar-refractivity contribution in [2.24, 2.45) is 0 Å². The molecule has 0 aromatic heterocycles. The van der Waals surface area contributed by atoms with Gasteiger partial charge in [0.25, 0.3) is 0 Å². The maximum Gasteiger partial charge on any atom is 0.130 e. The highest BCUT2D eigenvalue weighted by Gasteiger charge is 2.18. The molecule has 1 nitrogen and oxygen atoms in total. The normalized spacial score (nSPS) is 25.8. The number of hydrogen-bond acceptors (Lipinski definition) is 2. The maximum atomic E-state index is 10.1. The van der Waals surface area contributed by atoms with E-state index in [9.17, 15) is 4.79 Å². The third-order valence-corrected chi connectivity index (χ3v) is 3.49. The van der Waals surface area contributed by atoms with Crippen LogP contribution >= 0.6 is 43.6 Å². The van der Waals surface area contributed by atoms with Crippen LogP contribution in [-0.4, -0.2) is 10.1 Å². The fraction of sp³-hybridized carbons (Fsp3) is 0.200. The second-order valence-corrected chi connectivity index (χ2v) is 5.49. The van der Waals surface area contributed by atoms with E-state index in [1.807, 2.05) is 5.94 Å². The topological polar surface area (TPSA) is 17.1 Å². The molecule has 1 aliphatic heterocycles. The highest BCUT2D eigenvalue weighted by Crippen LogP contribution is 2.41. The highest BCUT2D eigenvalue weighted by molar-refractivity contribution is 9.15. The molecule has 1 heterocycles. The molecule has 0 spiro atoms. The van der Waals surface area contributed by atoms with Crippen molar-refractivity contribution in [1.29, 1.82) is 0 Å². The molecule has 0 N–H and O–H groups in total. The summed E-state index contributed by atoms with van der Waals surface area (Å²) in [6.07, 6.45) is 1.76. The van der Waals surface area contributed by atoms with E-state index in [4.69, 9.17) is 0 Å². The Morgan fingerprint density at radius 3 is 2.67 bits per heavy atom. The monoisotopic (exact) mass is 268 g/mol. The molecule has 1 rings (SSSR count). The van der Waals surface area contributed by atoms with Crippen LogP contribution in [0.3, 0.4) is 0 Å². The van der Waals surface area contributed by atoms with Gasteiger partial charge in [-0.05, 0) is 22.0 Å². The lowest BCUT2D eigenvalue weighted by molar-refractivity contribution is 0.567. The minimum atomic E-state index is 0.0874. The summed E-state index contributed by atoms with van der Waals surface area (Å²) in [5.74, 6) is 1.84. The zero-order chi connectivity index (χ0) is 6.85. The second kappa shape index (κ2) is 3.06. The van der Waals surface area contributed by atoms with E-state index in [1.54, 1.807) is 17.8 Å². The van der Waals surface area contributed by atoms with Gasteiger partial charge in [-0.2, -0.15) is 0 Å². The minimum Gasteiger partial charge on any atom is -0.233 e. The Hall–Kier alpha value is 0.500. The molecular formula is C5H2Br2OS. The van der Waals surface area contributed by atoms with E-state index >= 15 is 0 Å². The van der Waals surface area contributed by atoms with Gasteiger partial charge in [-0.1, -0.05) is 27.7 Å². The van der Waals surface area contributed by atoms with Gasteiger partial charge in [-0.25, -0.2) is 4.79 Å². The number of carbonyl (C=O) groups excluding carboxylic acids is 1. The fourth-order valence-corrected chi connectivity index (χ4v) is 3.49. The van der Waals surface area contributed by atoms with Crippen molar-refractivity contribution >= 4 is 49.6 Å². The van der Waals surface area contributed by atoms with E-state index in [1.165, 1.54) is 0 Å². The number of hydrogen-bond donors (Lipinski definition) is 0. The number of thioether (sulfide) groups is 1. The summed E-state index contributed by atoms with van der Waals surface area (Å²) in [5.41, 5.74) is 0.659. The lowest BCUT2D eigenvalue weighted by Gasteiger charge is -1.93. The number of alkyl halides is 1. The number of allylic oxidation sites excluding steroid dienone is 1. The summed E-state index contributed by atoms with van der Waals surface area (Å²) in [5, 5.41) is 0. The van der Waals surface area contributed by atoms with Crippen LogP contribution in [0.15, 0.2) is 15.5 Å². The molecule has 48 valence electrons. The molecule has 0 saturated heterocycles. The molecule has 0 amide bonds. The summed E-state index contributed by atoms with van der Waals surface area (Å²) in [6, 6.07) is 0. The molecule has 4 heteroatoms. The smallest absolute Gasteiger partial charge is 0.130 e. The number of halogens is 2. The Morgan fingerprint density at radius 1 is 1.78 bits per heavy atom. The molecule has 0 aliphatic carbocycles. The molecule has 0 aromatic rings. The Balaban J connectivity index is 2.88. The molecule has 0 radical (unpaired) electrons. The predicted molar refractivity (Wildman–Crippen MR) is 46.5 cm³/mol. The predicted octanol–water partition coefficient (Wildman–Crippen LogP) is 2.45. The SMILES string of the molecule is O=C=C1C=C(Br)SC1Br. The van der Waals surface area contributed by atoms with Crippen molar-refractivity contribution in [3.05, 3.63) is 15.5 Å². The standard InChI is InChI=1S/C5H2Br2OS/c6-4-1-3(2-8)5(7)9-4/h1,5H. The quantitative estimate of drug-likeness (QED) is 0.496. The lowest BCUT2D eigenvalue weighted by Crippen LogP contribution is -1.86. The Labute approximate surface area is 73.8 Å². The van der Waals surface area contributed by atoms with Crippen LogP contribution in [0, 0.1) is 0 Å². The Kier molecular flexibility index (Phi) is 2.59. The van der Waals surface area contributed by atoms with Crippen LogP contribution in [0.25, 0.3) is 0 Å². The van der Waals surface area contributed by atoms with Crippen molar-refractivity contribution in [3.8, 4) is 0 Å². The van der Waals surface area contributed by atoms with Crippen LogP contribution < -0.4 is 0 Å². The van der Waals surface area contributed by atoms with E-state index < -0.39 is 0 Å². The molecule has 9 heavy (non-hydrogen) atoms. The van der Waals surface area contributed by atoms with Crippen molar-refractivity contribution < 1.29 is 4.79 Å². The summed E-state index contributed by atoms with van der Waals surface area (Å²) in [7, 11) is 0. The summed E-state index contributed by atoms with van der Waals surface area (Å²) < 4.78 is 1.06. The van der Waals surface area contributed by atoms with Gasteiger partial charge in [0.05, 0.1) is 9.39 Å². The minimum absolute atomic E-state index is 0.0874. The zero-order valence-corrected chi connectivity index (χ0v) is 8.22. The summed E-state index contributed by atoms with van der Waals surface area (Å²) in [4.78, 5) is 10.1. The van der Waals surface area contributed by atoms with Gasteiger partial charge in [0.1, 0.15) is 10.1 Å². The average molecular weight is 270 g/mol. The van der Waals surface area contributed by atoms with Crippen molar-refractivity contribution in [2.45, 2.75) is 4.16 Å². The largest absolute Gasteiger partial charge is 0.233 e. The third-order valence-electron chi connectivity index (χ3n) is 0.847. The van der Waals surface area contributed by atoms with Crippen LogP contribution in [0.1, 0.15) is 0 Å². The van der Waals surface area contributed by atoms with Crippen LogP contribution in [0.5, 0.6) is 0 Å². The van der Waals surface area contributed by atoms with Gasteiger partial charge in [0, 0.05) is 0 Å². The Bertz CT molecular complexity index is 205. The van der Waals surface area contributed by atoms with E-state index in [0.29, 0.717) is 5.57 Å². The molecule has 1 unspecified atom stereocenters. The second-order valence-electron chi connectivity index (χ2n) is 1.44. The maximum absolute atomic E-state index is 10.1. The first-order valence-electron chi connectivity index (χ1n) is 2.17. The lowest BCUT2D eigenvalue weighted by atomic mass is 10.3. The molecule has 0 saturated carbocycles. The Morgan fingerprint density at radius 2 is 2.44 bits per heavy atom. The van der Waals surface area contributed by atoms with E-state index in [2.05, 4.69) is 31.9 Å². The van der Waals surface area contributed by atoms with Gasteiger partial charge < -0.3 is 0 Å². The first kappa shape index (κ1) is 7.61. The summed E-state index contributed by atoms with van der Waals surface area (Å²) >= 11 is 8.09. The molecule has 0 aromatic carbocycles. The van der Waals surface area contributed by atoms with Crippen molar-refractivity contribution in [1.82, 2.24) is 0 Å². The van der Waals surface area contributed by atoms with Crippen LogP contribution in [-0.2, 0) is 4.79 Å². The van der Waals surface area contributed by atoms with Crippen LogP contribution in [0.4, 0.5) is 0 Å². The van der Waals surface area contributed by atoms with Gasteiger partial charge in [-0.15, -0.1) is 0 Å². The van der Waals surface area contributed by atoms with Gasteiger partial charge in [0.2, 0.25) is 0 Å². The number of rotatable bonds is 0. The van der Waals surface area contributed by atoms with E-state index in [0.717, 1.165) is 3.81 Å². The van der Waals surface area contributed by atoms with Crippen LogP contribution in [0.2, 0.25) is 0 Å². The zero-order valence-electron chi connectivity index (χ0n) is 4.23. The van der Waals surface area contributed by atoms with Crippen molar-refractivity contribution in [2.75, 3.05) is 0 Å². The summed E-state index contributed by atoms with van der Waals surface area (Å²) in [6.45, 7) is 0. The highest BCUT2D eigenvalue weighted by atomic mass is 79.9. The van der Waals surface area contributed by atoms with E-state index in [-0.39, 0.29) is 4.16 Å². The molecule has 1 atom stereocenters. The molecule has 0 fully saturated rings. The third kappa shape index (κ3) is 1.71. The van der Waals surface area contributed by atoms with Crippen molar-refractivity contribution in [3.63, 3.8) is 0 Å². The molecule has 1 aliphatic rings. The molecule has 0 bridgehead atoms. The first-order valence-corrected chi connectivity index (χ1v) is 4.76. The molecular weight excluding hydrogens is 268 g/mol. The van der Waals surface area contributed by atoms with Gasteiger partial charge >= 0.3 is 0 Å². The first-order chi connectivity index (χ1) is 4.24. The van der Waals surface area contributed by atoms with Gasteiger partial charge in [-0.3, -0.25) is 0 Å². The van der Waals surface area contributed by atoms with Gasteiger partial charge in [0.15, 0.2) is 0 Å².